The number of rotatable bonds is 5. The highest BCUT2D eigenvalue weighted by molar-refractivity contribution is 5.82. The maximum Gasteiger partial charge on any atom is 0.224 e. The van der Waals surface area contributed by atoms with E-state index < -0.39 is 0 Å². The highest BCUT2D eigenvalue weighted by Crippen LogP contribution is 2.37. The van der Waals surface area contributed by atoms with E-state index in [1.165, 1.54) is 0 Å². The summed E-state index contributed by atoms with van der Waals surface area (Å²) in [5.41, 5.74) is 0.0666. The van der Waals surface area contributed by atoms with Gasteiger partial charge in [-0.1, -0.05) is 27.7 Å². The van der Waals surface area contributed by atoms with E-state index in [9.17, 15) is 9.59 Å². The molecule has 1 aliphatic rings. The molecule has 1 N–H and O–H groups in total. The number of hydrogen-bond donors (Lipinski definition) is 1. The molecule has 0 spiro atoms. The van der Waals surface area contributed by atoms with Crippen molar-refractivity contribution in [1.82, 2.24) is 10.2 Å². The van der Waals surface area contributed by atoms with Crippen LogP contribution < -0.4 is 5.32 Å². The van der Waals surface area contributed by atoms with Crippen molar-refractivity contribution in [1.29, 1.82) is 0 Å². The van der Waals surface area contributed by atoms with Crippen LogP contribution in [0.5, 0.6) is 0 Å². The van der Waals surface area contributed by atoms with Crippen LogP contribution >= 0.6 is 0 Å². The van der Waals surface area contributed by atoms with Gasteiger partial charge in [-0.2, -0.15) is 0 Å². The van der Waals surface area contributed by atoms with Crippen molar-refractivity contribution < 1.29 is 9.59 Å². The van der Waals surface area contributed by atoms with Crippen LogP contribution in [-0.4, -0.2) is 36.3 Å². The van der Waals surface area contributed by atoms with E-state index >= 15 is 0 Å². The van der Waals surface area contributed by atoms with E-state index in [0.29, 0.717) is 18.9 Å². The Hall–Kier alpha value is -1.06. The third-order valence-corrected chi connectivity index (χ3v) is 4.31. The molecule has 4 heteroatoms. The Morgan fingerprint density at radius 3 is 2.32 bits per heavy atom. The van der Waals surface area contributed by atoms with Gasteiger partial charge in [-0.25, -0.2) is 0 Å². The lowest BCUT2D eigenvalue weighted by molar-refractivity contribution is -0.133. The quantitative estimate of drug-likeness (QED) is 0.829. The first-order valence-corrected chi connectivity index (χ1v) is 7.18. The van der Waals surface area contributed by atoms with Crippen molar-refractivity contribution in [3.05, 3.63) is 0 Å². The standard InChI is InChI=1S/C15H28N2O2/c1-10-9-12(10)14(19)16-8-7-13(18)17(6)11(2)15(3,4)5/h10-12H,7-9H2,1-6H3,(H,16,19)/t10-,11-,12-/m1/s1. The van der Waals surface area contributed by atoms with Gasteiger partial charge in [0.05, 0.1) is 0 Å². The Labute approximate surface area is 116 Å². The largest absolute Gasteiger partial charge is 0.355 e. The Morgan fingerprint density at radius 1 is 1.37 bits per heavy atom. The SMILES string of the molecule is C[C@@H]1C[C@H]1C(=O)NCCC(=O)N(C)[C@H](C)C(C)(C)C. The smallest absolute Gasteiger partial charge is 0.224 e. The molecule has 0 saturated heterocycles. The zero-order valence-corrected chi connectivity index (χ0v) is 13.1. The summed E-state index contributed by atoms with van der Waals surface area (Å²) in [6.45, 7) is 11.0. The normalized spacial score (nSPS) is 23.7. The molecule has 0 aromatic carbocycles. The van der Waals surface area contributed by atoms with Crippen LogP contribution in [0.1, 0.15) is 47.5 Å². The lowest BCUT2D eigenvalue weighted by Gasteiger charge is -2.35. The monoisotopic (exact) mass is 268 g/mol. The average molecular weight is 268 g/mol. The van der Waals surface area contributed by atoms with Crippen molar-refractivity contribution >= 4 is 11.8 Å². The molecule has 0 unspecified atom stereocenters. The number of hydrogen-bond acceptors (Lipinski definition) is 2. The molecule has 0 aromatic heterocycles. The van der Waals surface area contributed by atoms with Gasteiger partial charge in [-0.3, -0.25) is 9.59 Å². The first-order valence-electron chi connectivity index (χ1n) is 7.18. The van der Waals surface area contributed by atoms with E-state index in [4.69, 9.17) is 0 Å². The molecule has 1 fully saturated rings. The molecule has 1 aliphatic carbocycles. The predicted octanol–water partition coefficient (Wildman–Crippen LogP) is 2.04. The van der Waals surface area contributed by atoms with Crippen LogP contribution in [0, 0.1) is 17.3 Å². The number of carbonyl (C=O) groups excluding carboxylic acids is 2. The summed E-state index contributed by atoms with van der Waals surface area (Å²) >= 11 is 0. The van der Waals surface area contributed by atoms with Crippen molar-refractivity contribution in [2.24, 2.45) is 17.3 Å². The van der Waals surface area contributed by atoms with E-state index in [1.54, 1.807) is 4.90 Å². The summed E-state index contributed by atoms with van der Waals surface area (Å²) in [7, 11) is 1.84. The highest BCUT2D eigenvalue weighted by Gasteiger charge is 2.38. The number of nitrogens with one attached hydrogen (secondary N) is 1. The van der Waals surface area contributed by atoms with Crippen LogP contribution in [0.15, 0.2) is 0 Å². The summed E-state index contributed by atoms with van der Waals surface area (Å²) in [6, 6.07) is 0.180. The second kappa shape index (κ2) is 5.93. The van der Waals surface area contributed by atoms with Crippen molar-refractivity contribution in [3.8, 4) is 0 Å². The number of carbonyl (C=O) groups is 2. The van der Waals surface area contributed by atoms with Crippen molar-refractivity contribution in [3.63, 3.8) is 0 Å². The maximum atomic E-state index is 12.0. The molecular formula is C15H28N2O2. The fourth-order valence-electron chi connectivity index (χ4n) is 2.08. The third-order valence-electron chi connectivity index (χ3n) is 4.31. The Balaban J connectivity index is 2.29. The molecule has 1 rings (SSSR count). The molecule has 2 amide bonds. The van der Waals surface area contributed by atoms with E-state index in [-0.39, 0.29) is 29.2 Å². The van der Waals surface area contributed by atoms with Gasteiger partial charge >= 0.3 is 0 Å². The van der Waals surface area contributed by atoms with Crippen LogP contribution in [0.3, 0.4) is 0 Å². The van der Waals surface area contributed by atoms with Gasteiger partial charge in [0.2, 0.25) is 11.8 Å². The predicted molar refractivity (Wildman–Crippen MR) is 76.6 cm³/mol. The van der Waals surface area contributed by atoms with Gasteiger partial charge in [-0.15, -0.1) is 0 Å². The minimum atomic E-state index is 0.0666. The van der Waals surface area contributed by atoms with Gasteiger partial charge in [0.1, 0.15) is 0 Å². The zero-order valence-electron chi connectivity index (χ0n) is 13.1. The molecule has 4 nitrogen and oxygen atoms in total. The molecule has 0 bridgehead atoms. The second-order valence-electron chi connectivity index (χ2n) is 6.91. The Morgan fingerprint density at radius 2 is 1.89 bits per heavy atom. The summed E-state index contributed by atoms with van der Waals surface area (Å²) in [5, 5.41) is 2.85. The van der Waals surface area contributed by atoms with Crippen LogP contribution in [0.2, 0.25) is 0 Å². The first kappa shape index (κ1) is 16.0. The summed E-state index contributed by atoms with van der Waals surface area (Å²) in [6.07, 6.45) is 1.37. The van der Waals surface area contributed by atoms with Crippen LogP contribution in [-0.2, 0) is 9.59 Å². The van der Waals surface area contributed by atoms with Gasteiger partial charge in [0.25, 0.3) is 0 Å². The minimum absolute atomic E-state index is 0.0666. The molecule has 0 aliphatic heterocycles. The minimum Gasteiger partial charge on any atom is -0.355 e. The van der Waals surface area contributed by atoms with Crippen molar-refractivity contribution in [2.75, 3.05) is 13.6 Å². The Bertz CT molecular complexity index is 347. The fourth-order valence-corrected chi connectivity index (χ4v) is 2.08. The van der Waals surface area contributed by atoms with Crippen LogP contribution in [0.4, 0.5) is 0 Å². The highest BCUT2D eigenvalue weighted by atomic mass is 16.2. The first-order chi connectivity index (χ1) is 8.64. The molecule has 3 atom stereocenters. The summed E-state index contributed by atoms with van der Waals surface area (Å²) in [5.74, 6) is 0.888. The topological polar surface area (TPSA) is 49.4 Å². The molecule has 0 heterocycles. The molecule has 1 saturated carbocycles. The number of nitrogens with zero attached hydrogens (tertiary/aromatic N) is 1. The Kier molecular flexibility index (Phi) is 4.99. The zero-order chi connectivity index (χ0) is 14.8. The van der Waals surface area contributed by atoms with Gasteiger partial charge in [-0.05, 0) is 24.7 Å². The van der Waals surface area contributed by atoms with Gasteiger partial charge in [0, 0.05) is 32.0 Å². The second-order valence-corrected chi connectivity index (χ2v) is 6.91. The molecule has 110 valence electrons. The van der Waals surface area contributed by atoms with Gasteiger partial charge in [0.15, 0.2) is 0 Å². The van der Waals surface area contributed by atoms with E-state index in [1.807, 2.05) is 7.05 Å². The molecule has 19 heavy (non-hydrogen) atoms. The lowest BCUT2D eigenvalue weighted by atomic mass is 9.87. The van der Waals surface area contributed by atoms with E-state index in [0.717, 1.165) is 6.42 Å². The van der Waals surface area contributed by atoms with Crippen LogP contribution in [0.25, 0.3) is 0 Å². The maximum absolute atomic E-state index is 12.0. The molecule has 0 aromatic rings. The molecular weight excluding hydrogens is 240 g/mol. The fraction of sp³-hybridized carbons (Fsp3) is 0.867. The third kappa shape index (κ3) is 4.51. The van der Waals surface area contributed by atoms with E-state index in [2.05, 4.69) is 39.9 Å². The summed E-state index contributed by atoms with van der Waals surface area (Å²) < 4.78 is 0. The molecule has 0 radical (unpaired) electrons. The number of amides is 2. The van der Waals surface area contributed by atoms with Crippen molar-refractivity contribution in [2.45, 2.75) is 53.5 Å². The van der Waals surface area contributed by atoms with Gasteiger partial charge < -0.3 is 10.2 Å². The summed E-state index contributed by atoms with van der Waals surface area (Å²) in [4.78, 5) is 25.4. The average Bonchev–Trinajstić information content (AvgIpc) is 3.03. The lowest BCUT2D eigenvalue weighted by Crippen LogP contribution is -2.44.